The van der Waals surface area contributed by atoms with E-state index in [2.05, 4.69) is 10.3 Å². The van der Waals surface area contributed by atoms with Crippen LogP contribution in [-0.4, -0.2) is 54.9 Å². The maximum Gasteiger partial charge on any atom is 0.261 e. The van der Waals surface area contributed by atoms with Crippen LogP contribution in [0, 0.1) is 13.8 Å². The molecule has 174 valence electrons. The Kier molecular flexibility index (Phi) is 5.94. The largest absolute Gasteiger partial charge is 0.379 e. The number of benzene rings is 1. The minimum atomic E-state index is -3.53. The van der Waals surface area contributed by atoms with E-state index in [0.717, 1.165) is 45.7 Å². The number of carbonyl (C=O) groups is 1. The van der Waals surface area contributed by atoms with Gasteiger partial charge in [-0.2, -0.15) is 4.31 Å². The van der Waals surface area contributed by atoms with Gasteiger partial charge in [-0.25, -0.2) is 18.4 Å². The number of sulfonamides is 1. The molecule has 1 N–H and O–H groups in total. The second kappa shape index (κ2) is 8.75. The highest BCUT2D eigenvalue weighted by atomic mass is 32.2. The molecule has 1 saturated carbocycles. The smallest absolute Gasteiger partial charge is 0.261 e. The third kappa shape index (κ3) is 4.40. The zero-order valence-electron chi connectivity index (χ0n) is 18.6. The van der Waals surface area contributed by atoms with E-state index in [1.807, 2.05) is 13.8 Å². The third-order valence-corrected chi connectivity index (χ3v) is 9.22. The van der Waals surface area contributed by atoms with E-state index in [4.69, 9.17) is 9.72 Å². The molecule has 0 spiro atoms. The van der Waals surface area contributed by atoms with Crippen LogP contribution in [0.4, 0.5) is 0 Å². The number of ether oxygens (including phenoxy) is 1. The van der Waals surface area contributed by atoms with Gasteiger partial charge in [-0.3, -0.25) is 4.79 Å². The number of nitrogens with zero attached hydrogens (tertiary/aromatic N) is 3. The lowest BCUT2D eigenvalue weighted by molar-refractivity contribution is 0.0730. The second-order valence-electron chi connectivity index (χ2n) is 8.52. The Bertz CT molecular complexity index is 1310. The number of aromatic nitrogens is 2. The lowest BCUT2D eigenvalue weighted by atomic mass is 10.1. The highest BCUT2D eigenvalue weighted by molar-refractivity contribution is 7.89. The third-order valence-electron chi connectivity index (χ3n) is 6.12. The maximum absolute atomic E-state index is 12.9. The number of amides is 1. The van der Waals surface area contributed by atoms with Gasteiger partial charge in [-0.1, -0.05) is 12.1 Å². The molecule has 5 rings (SSSR count). The number of morpholine rings is 1. The van der Waals surface area contributed by atoms with Crippen LogP contribution in [0.1, 0.15) is 51.1 Å². The van der Waals surface area contributed by atoms with E-state index in [1.54, 1.807) is 24.3 Å². The number of fused-ring (bicyclic) bond motifs is 1. The fourth-order valence-corrected chi connectivity index (χ4v) is 6.64. The average Bonchev–Trinajstić information content (AvgIpc) is 3.62. The quantitative estimate of drug-likeness (QED) is 0.574. The highest BCUT2D eigenvalue weighted by Crippen LogP contribution is 2.40. The number of hydrogen-bond donors (Lipinski definition) is 1. The van der Waals surface area contributed by atoms with Crippen LogP contribution in [0.5, 0.6) is 0 Å². The highest BCUT2D eigenvalue weighted by Gasteiger charge is 2.29. The Morgan fingerprint density at radius 2 is 1.85 bits per heavy atom. The van der Waals surface area contributed by atoms with Crippen molar-refractivity contribution in [2.75, 3.05) is 26.3 Å². The number of rotatable bonds is 6. The van der Waals surface area contributed by atoms with E-state index < -0.39 is 10.0 Å². The molecule has 2 aliphatic rings. The molecular weight excluding hydrogens is 460 g/mol. The van der Waals surface area contributed by atoms with Gasteiger partial charge in [0.15, 0.2) is 0 Å². The molecule has 33 heavy (non-hydrogen) atoms. The Labute approximate surface area is 197 Å². The lowest BCUT2D eigenvalue weighted by Crippen LogP contribution is -2.40. The summed E-state index contributed by atoms with van der Waals surface area (Å²) in [5, 5.41) is 3.92. The first-order valence-electron chi connectivity index (χ1n) is 11.1. The zero-order valence-corrected chi connectivity index (χ0v) is 20.3. The summed E-state index contributed by atoms with van der Waals surface area (Å²) in [4.78, 5) is 24.0. The number of aryl methyl sites for hydroxylation is 2. The van der Waals surface area contributed by atoms with Crippen molar-refractivity contribution in [3.05, 3.63) is 51.8 Å². The first-order chi connectivity index (χ1) is 15.8. The van der Waals surface area contributed by atoms with E-state index in [1.165, 1.54) is 15.6 Å². The molecule has 1 aliphatic heterocycles. The number of hydrogen-bond acceptors (Lipinski definition) is 7. The summed E-state index contributed by atoms with van der Waals surface area (Å²) in [6.45, 7) is 5.76. The molecule has 3 heterocycles. The SMILES string of the molecule is Cc1nc(C2CC2)nc2sc(C(=O)NCc3ccc(S(=O)(=O)N4CCOCC4)cc3)c(C)c12. The average molecular weight is 487 g/mol. The fraction of sp³-hybridized carbons (Fsp3) is 0.435. The normalized spacial score (nSPS) is 17.4. The van der Waals surface area contributed by atoms with Crippen LogP contribution in [0.15, 0.2) is 29.2 Å². The van der Waals surface area contributed by atoms with Gasteiger partial charge in [0.25, 0.3) is 5.91 Å². The van der Waals surface area contributed by atoms with Crippen molar-refractivity contribution in [2.24, 2.45) is 0 Å². The Balaban J connectivity index is 1.28. The summed E-state index contributed by atoms with van der Waals surface area (Å²) in [7, 11) is -3.53. The van der Waals surface area contributed by atoms with Gasteiger partial charge in [0.2, 0.25) is 10.0 Å². The van der Waals surface area contributed by atoms with Crippen LogP contribution in [0.25, 0.3) is 10.2 Å². The molecule has 2 fully saturated rings. The van der Waals surface area contributed by atoms with Crippen molar-refractivity contribution in [3.8, 4) is 0 Å². The van der Waals surface area contributed by atoms with Gasteiger partial charge in [0.05, 0.1) is 28.7 Å². The lowest BCUT2D eigenvalue weighted by Gasteiger charge is -2.26. The molecule has 3 aromatic rings. The Hall–Kier alpha value is -2.40. The second-order valence-corrected chi connectivity index (χ2v) is 11.5. The van der Waals surface area contributed by atoms with Crippen LogP contribution >= 0.6 is 11.3 Å². The molecule has 1 aliphatic carbocycles. The zero-order chi connectivity index (χ0) is 23.2. The predicted molar refractivity (Wildman–Crippen MR) is 126 cm³/mol. The molecule has 0 unspecified atom stereocenters. The summed E-state index contributed by atoms with van der Waals surface area (Å²) in [6.07, 6.45) is 2.27. The maximum atomic E-state index is 12.9. The molecule has 1 amide bonds. The number of carbonyl (C=O) groups excluding carboxylic acids is 1. The standard InChI is InChI=1S/C23H26N4O4S2/c1-14-19-15(2)25-21(17-5-6-17)26-23(19)32-20(14)22(28)24-13-16-3-7-18(8-4-16)33(29,30)27-9-11-31-12-10-27/h3-4,7-8,17H,5-6,9-13H2,1-2H3,(H,24,28). The molecule has 8 nitrogen and oxygen atoms in total. The topological polar surface area (TPSA) is 101 Å². The Morgan fingerprint density at radius 3 is 2.52 bits per heavy atom. The van der Waals surface area contributed by atoms with E-state index >= 15 is 0 Å². The van der Waals surface area contributed by atoms with E-state index in [0.29, 0.717) is 43.6 Å². The number of thiophene rings is 1. The minimum absolute atomic E-state index is 0.159. The molecule has 10 heteroatoms. The van der Waals surface area contributed by atoms with Crippen LogP contribution in [0.3, 0.4) is 0 Å². The summed E-state index contributed by atoms with van der Waals surface area (Å²) in [5.41, 5.74) is 2.65. The first-order valence-corrected chi connectivity index (χ1v) is 13.3. The predicted octanol–water partition coefficient (Wildman–Crippen LogP) is 3.14. The Morgan fingerprint density at radius 1 is 1.15 bits per heavy atom. The first kappa shape index (κ1) is 22.4. The van der Waals surface area contributed by atoms with Crippen LogP contribution in [0.2, 0.25) is 0 Å². The molecule has 2 aromatic heterocycles. The van der Waals surface area contributed by atoms with Gasteiger partial charge in [-0.05, 0) is 49.9 Å². The minimum Gasteiger partial charge on any atom is -0.379 e. The van der Waals surface area contributed by atoms with Crippen molar-refractivity contribution in [1.29, 1.82) is 0 Å². The van der Waals surface area contributed by atoms with Gasteiger partial charge >= 0.3 is 0 Å². The summed E-state index contributed by atoms with van der Waals surface area (Å²) in [6, 6.07) is 6.66. The molecule has 0 atom stereocenters. The van der Waals surface area contributed by atoms with Crippen LogP contribution < -0.4 is 5.32 Å². The van der Waals surface area contributed by atoms with Crippen molar-refractivity contribution in [2.45, 2.75) is 44.0 Å². The summed E-state index contributed by atoms with van der Waals surface area (Å²) >= 11 is 1.40. The van der Waals surface area contributed by atoms with Gasteiger partial charge in [0.1, 0.15) is 10.7 Å². The fourth-order valence-electron chi connectivity index (χ4n) is 4.08. The van der Waals surface area contributed by atoms with Crippen molar-refractivity contribution < 1.29 is 17.9 Å². The molecule has 0 bridgehead atoms. The van der Waals surface area contributed by atoms with Gasteiger partial charge < -0.3 is 10.1 Å². The van der Waals surface area contributed by atoms with Crippen molar-refractivity contribution in [1.82, 2.24) is 19.6 Å². The monoisotopic (exact) mass is 486 g/mol. The molecule has 0 radical (unpaired) electrons. The van der Waals surface area contributed by atoms with Crippen molar-refractivity contribution >= 4 is 37.5 Å². The summed E-state index contributed by atoms with van der Waals surface area (Å²) < 4.78 is 32.2. The number of nitrogens with one attached hydrogen (secondary N) is 1. The summed E-state index contributed by atoms with van der Waals surface area (Å²) in [5.74, 6) is 1.19. The van der Waals surface area contributed by atoms with E-state index in [9.17, 15) is 13.2 Å². The van der Waals surface area contributed by atoms with Crippen LogP contribution in [-0.2, 0) is 21.3 Å². The van der Waals surface area contributed by atoms with Crippen molar-refractivity contribution in [3.63, 3.8) is 0 Å². The molecule has 1 saturated heterocycles. The molecular formula is C23H26N4O4S2. The van der Waals surface area contributed by atoms with Gasteiger partial charge in [0, 0.05) is 30.9 Å². The molecule has 1 aromatic carbocycles. The van der Waals surface area contributed by atoms with E-state index in [-0.39, 0.29) is 10.8 Å². The van der Waals surface area contributed by atoms with Gasteiger partial charge in [-0.15, -0.1) is 11.3 Å².